The molecule has 0 bridgehead atoms. The SMILES string of the molecule is C=C(C)/C=C1/C[C@@H]1COC(c1ccccc1)(c1ccccc1)c1ccccc1. The molecule has 3 aromatic rings. The van der Waals surface area contributed by atoms with Crippen molar-refractivity contribution in [3.05, 3.63) is 131 Å². The van der Waals surface area contributed by atoms with Gasteiger partial charge in [-0.2, -0.15) is 0 Å². The molecule has 0 heterocycles. The van der Waals surface area contributed by atoms with E-state index in [2.05, 4.69) is 104 Å². The molecule has 1 nitrogen and oxygen atoms in total. The monoisotopic (exact) mass is 366 g/mol. The first kappa shape index (κ1) is 18.5. The van der Waals surface area contributed by atoms with Gasteiger partial charge in [-0.05, 0) is 30.0 Å². The normalized spacial score (nSPS) is 17.5. The summed E-state index contributed by atoms with van der Waals surface area (Å²) in [4.78, 5) is 0. The molecular weight excluding hydrogens is 340 g/mol. The highest BCUT2D eigenvalue weighted by molar-refractivity contribution is 5.47. The van der Waals surface area contributed by atoms with Gasteiger partial charge in [-0.15, -0.1) is 0 Å². The fraction of sp³-hybridized carbons (Fsp3) is 0.185. The minimum absolute atomic E-state index is 0.479. The number of ether oxygens (including phenoxy) is 1. The lowest BCUT2D eigenvalue weighted by atomic mass is 9.80. The van der Waals surface area contributed by atoms with Crippen LogP contribution in [-0.4, -0.2) is 6.61 Å². The molecule has 0 saturated heterocycles. The van der Waals surface area contributed by atoms with Crippen molar-refractivity contribution >= 4 is 0 Å². The zero-order valence-electron chi connectivity index (χ0n) is 16.3. The van der Waals surface area contributed by atoms with Crippen LogP contribution in [0.3, 0.4) is 0 Å². The summed E-state index contributed by atoms with van der Waals surface area (Å²) in [6, 6.07) is 31.7. The molecule has 0 aliphatic heterocycles. The maximum Gasteiger partial charge on any atom is 0.143 e. The molecule has 3 aromatic carbocycles. The molecule has 0 radical (unpaired) electrons. The van der Waals surface area contributed by atoms with Crippen LogP contribution in [-0.2, 0) is 10.3 Å². The predicted octanol–water partition coefficient (Wildman–Crippen LogP) is 6.52. The summed E-state index contributed by atoms with van der Waals surface area (Å²) in [7, 11) is 0. The van der Waals surface area contributed by atoms with Gasteiger partial charge in [0.15, 0.2) is 0 Å². The Hall–Kier alpha value is -2.90. The van der Waals surface area contributed by atoms with Crippen molar-refractivity contribution in [2.24, 2.45) is 5.92 Å². The van der Waals surface area contributed by atoms with Crippen LogP contribution in [0.2, 0.25) is 0 Å². The van der Waals surface area contributed by atoms with Crippen molar-refractivity contribution in [3.63, 3.8) is 0 Å². The van der Waals surface area contributed by atoms with Crippen molar-refractivity contribution in [2.45, 2.75) is 18.9 Å². The maximum absolute atomic E-state index is 6.85. The van der Waals surface area contributed by atoms with E-state index in [0.717, 1.165) is 28.7 Å². The maximum atomic E-state index is 6.85. The third-order valence-corrected chi connectivity index (χ3v) is 5.32. The van der Waals surface area contributed by atoms with E-state index in [9.17, 15) is 0 Å². The lowest BCUT2D eigenvalue weighted by molar-refractivity contribution is 0.00793. The molecule has 0 aromatic heterocycles. The minimum atomic E-state index is -0.624. The quantitative estimate of drug-likeness (QED) is 0.433. The van der Waals surface area contributed by atoms with E-state index in [0.29, 0.717) is 12.5 Å². The fourth-order valence-corrected chi connectivity index (χ4v) is 3.88. The Morgan fingerprint density at radius 2 is 1.29 bits per heavy atom. The minimum Gasteiger partial charge on any atom is -0.360 e. The molecule has 1 saturated carbocycles. The largest absolute Gasteiger partial charge is 0.360 e. The van der Waals surface area contributed by atoms with Crippen LogP contribution < -0.4 is 0 Å². The third kappa shape index (κ3) is 3.72. The van der Waals surface area contributed by atoms with E-state index in [-0.39, 0.29) is 0 Å². The van der Waals surface area contributed by atoms with Gasteiger partial charge in [0.2, 0.25) is 0 Å². The van der Waals surface area contributed by atoms with E-state index in [1.54, 1.807) is 0 Å². The molecule has 28 heavy (non-hydrogen) atoms. The van der Waals surface area contributed by atoms with E-state index in [1.807, 2.05) is 6.92 Å². The fourth-order valence-electron chi connectivity index (χ4n) is 3.88. The standard InChI is InChI=1S/C27H26O/c1-21(2)18-22-19-23(22)20-28-27(24-12-6-3-7-13-24,25-14-8-4-9-15-25)26-16-10-5-11-17-26/h3-18,23H,1,19-20H2,2H3/b22-18-/t23-/m1/s1. The average molecular weight is 367 g/mol. The summed E-state index contributed by atoms with van der Waals surface area (Å²) in [5.41, 5.74) is 5.38. The Balaban J connectivity index is 1.79. The van der Waals surface area contributed by atoms with Gasteiger partial charge in [0.1, 0.15) is 5.60 Å². The Labute approximate surface area is 168 Å². The summed E-state index contributed by atoms with van der Waals surface area (Å²) in [5.74, 6) is 0.479. The molecular formula is C27H26O. The molecule has 1 heteroatoms. The van der Waals surface area contributed by atoms with E-state index in [1.165, 1.54) is 5.57 Å². The molecule has 0 unspecified atom stereocenters. The number of allylic oxidation sites excluding steroid dienone is 2. The van der Waals surface area contributed by atoms with Crippen LogP contribution in [0.4, 0.5) is 0 Å². The highest BCUT2D eigenvalue weighted by Crippen LogP contribution is 2.44. The second-order valence-electron chi connectivity index (χ2n) is 7.56. The molecule has 0 amide bonds. The third-order valence-electron chi connectivity index (χ3n) is 5.32. The van der Waals surface area contributed by atoms with Crippen LogP contribution in [0.15, 0.2) is 115 Å². The van der Waals surface area contributed by atoms with Gasteiger partial charge in [-0.25, -0.2) is 0 Å². The van der Waals surface area contributed by atoms with E-state index >= 15 is 0 Å². The summed E-state index contributed by atoms with van der Waals surface area (Å²) in [6.07, 6.45) is 3.30. The Morgan fingerprint density at radius 3 is 1.68 bits per heavy atom. The zero-order chi connectivity index (χ0) is 19.4. The molecule has 1 aliphatic rings. The summed E-state index contributed by atoms with van der Waals surface area (Å²) < 4.78 is 6.85. The Kier molecular flexibility index (Phi) is 5.27. The highest BCUT2D eigenvalue weighted by atomic mass is 16.5. The van der Waals surface area contributed by atoms with Crippen molar-refractivity contribution in [2.75, 3.05) is 6.61 Å². The number of hydrogen-bond donors (Lipinski definition) is 0. The molecule has 4 rings (SSSR count). The van der Waals surface area contributed by atoms with Crippen LogP contribution >= 0.6 is 0 Å². The van der Waals surface area contributed by atoms with E-state index < -0.39 is 5.60 Å². The second kappa shape index (κ2) is 8.00. The summed E-state index contributed by atoms with van der Waals surface area (Å²) in [5, 5.41) is 0. The van der Waals surface area contributed by atoms with Gasteiger partial charge in [-0.1, -0.05) is 115 Å². The van der Waals surface area contributed by atoms with Crippen LogP contribution in [0.1, 0.15) is 30.0 Å². The Bertz CT molecular complexity index is 858. The summed E-state index contributed by atoms with van der Waals surface area (Å²) in [6.45, 7) is 6.74. The lowest BCUT2D eigenvalue weighted by Crippen LogP contribution is -2.33. The average Bonchev–Trinajstić information content (AvgIpc) is 3.48. The second-order valence-corrected chi connectivity index (χ2v) is 7.56. The van der Waals surface area contributed by atoms with Crippen LogP contribution in [0.5, 0.6) is 0 Å². The lowest BCUT2D eigenvalue weighted by Gasteiger charge is -2.36. The van der Waals surface area contributed by atoms with Crippen LogP contribution in [0, 0.1) is 5.92 Å². The summed E-state index contributed by atoms with van der Waals surface area (Å²) >= 11 is 0. The van der Waals surface area contributed by atoms with Crippen molar-refractivity contribution in [3.8, 4) is 0 Å². The van der Waals surface area contributed by atoms with Gasteiger partial charge >= 0.3 is 0 Å². The number of hydrogen-bond acceptors (Lipinski definition) is 1. The van der Waals surface area contributed by atoms with E-state index in [4.69, 9.17) is 4.74 Å². The van der Waals surface area contributed by atoms with Gasteiger partial charge in [0.05, 0.1) is 6.61 Å². The smallest absolute Gasteiger partial charge is 0.143 e. The van der Waals surface area contributed by atoms with Gasteiger partial charge in [-0.3, -0.25) is 0 Å². The molecule has 140 valence electrons. The molecule has 1 atom stereocenters. The highest BCUT2D eigenvalue weighted by Gasteiger charge is 2.40. The number of rotatable bonds is 7. The Morgan fingerprint density at radius 1 is 0.857 bits per heavy atom. The first-order valence-corrected chi connectivity index (χ1v) is 9.86. The van der Waals surface area contributed by atoms with Gasteiger partial charge < -0.3 is 4.74 Å². The topological polar surface area (TPSA) is 9.23 Å². The predicted molar refractivity (Wildman–Crippen MR) is 116 cm³/mol. The van der Waals surface area contributed by atoms with Gasteiger partial charge in [0.25, 0.3) is 0 Å². The van der Waals surface area contributed by atoms with Crippen molar-refractivity contribution in [1.29, 1.82) is 0 Å². The molecule has 0 N–H and O–H groups in total. The van der Waals surface area contributed by atoms with Crippen molar-refractivity contribution in [1.82, 2.24) is 0 Å². The van der Waals surface area contributed by atoms with Gasteiger partial charge in [0, 0.05) is 5.92 Å². The van der Waals surface area contributed by atoms with Crippen molar-refractivity contribution < 1.29 is 4.74 Å². The molecule has 0 spiro atoms. The molecule has 1 fully saturated rings. The zero-order valence-corrected chi connectivity index (χ0v) is 16.3. The number of benzene rings is 3. The first-order valence-electron chi connectivity index (χ1n) is 9.86. The first-order chi connectivity index (χ1) is 13.7. The molecule has 1 aliphatic carbocycles. The van der Waals surface area contributed by atoms with Crippen LogP contribution in [0.25, 0.3) is 0 Å².